The van der Waals surface area contributed by atoms with Crippen molar-refractivity contribution in [1.29, 1.82) is 0 Å². The summed E-state index contributed by atoms with van der Waals surface area (Å²) >= 11 is 1.78. The standard InChI is InChI=1S/C15H26N4O2S/c1-5-22-11(2)15-16-13(21-17-15)9-18(3)10-14(20)19(4)8-12-6-7-12/h11-12H,5-10H2,1-4H3/t11-/m1/s1. The smallest absolute Gasteiger partial charge is 0.240 e. The molecule has 1 aromatic heterocycles. The van der Waals surface area contributed by atoms with Crippen molar-refractivity contribution < 1.29 is 9.32 Å². The first-order chi connectivity index (χ1) is 10.5. The summed E-state index contributed by atoms with van der Waals surface area (Å²) in [7, 11) is 3.78. The van der Waals surface area contributed by atoms with Crippen molar-refractivity contribution >= 4 is 17.7 Å². The van der Waals surface area contributed by atoms with Gasteiger partial charge in [-0.3, -0.25) is 9.69 Å². The molecule has 0 aromatic carbocycles. The van der Waals surface area contributed by atoms with Crippen molar-refractivity contribution in [3.8, 4) is 0 Å². The maximum absolute atomic E-state index is 12.1. The number of hydrogen-bond acceptors (Lipinski definition) is 6. The molecule has 0 aliphatic heterocycles. The van der Waals surface area contributed by atoms with E-state index in [2.05, 4.69) is 24.0 Å². The summed E-state index contributed by atoms with van der Waals surface area (Å²) in [4.78, 5) is 20.3. The third kappa shape index (κ3) is 5.28. The molecule has 7 heteroatoms. The summed E-state index contributed by atoms with van der Waals surface area (Å²) < 4.78 is 5.28. The molecule has 124 valence electrons. The van der Waals surface area contributed by atoms with Gasteiger partial charge in [-0.05, 0) is 38.5 Å². The Bertz CT molecular complexity index is 490. The highest BCUT2D eigenvalue weighted by atomic mass is 32.2. The SMILES string of the molecule is CCS[C@H](C)c1noc(CN(C)CC(=O)N(C)CC2CC2)n1. The Hall–Kier alpha value is -1.08. The molecule has 1 aromatic rings. The van der Waals surface area contributed by atoms with Crippen LogP contribution in [0.2, 0.25) is 0 Å². The summed E-state index contributed by atoms with van der Waals surface area (Å²) in [5, 5.41) is 4.26. The van der Waals surface area contributed by atoms with Gasteiger partial charge in [0.1, 0.15) is 0 Å². The Labute approximate surface area is 136 Å². The van der Waals surface area contributed by atoms with E-state index in [0.29, 0.717) is 19.0 Å². The fraction of sp³-hybridized carbons (Fsp3) is 0.800. The second-order valence-corrected chi connectivity index (χ2v) is 7.65. The molecular weight excluding hydrogens is 300 g/mol. The van der Waals surface area contributed by atoms with Crippen molar-refractivity contribution in [2.45, 2.75) is 38.5 Å². The highest BCUT2D eigenvalue weighted by Gasteiger charge is 2.25. The molecule has 1 fully saturated rings. The largest absolute Gasteiger partial charge is 0.344 e. The molecular formula is C15H26N4O2S. The highest BCUT2D eigenvalue weighted by molar-refractivity contribution is 7.99. The lowest BCUT2D eigenvalue weighted by Gasteiger charge is -2.20. The van der Waals surface area contributed by atoms with Crippen molar-refractivity contribution in [1.82, 2.24) is 19.9 Å². The van der Waals surface area contributed by atoms with Gasteiger partial charge in [0.05, 0.1) is 18.3 Å². The number of thioether (sulfide) groups is 1. The minimum atomic E-state index is 0.143. The number of carbonyl (C=O) groups excluding carboxylic acids is 1. The van der Waals surface area contributed by atoms with Gasteiger partial charge in [0.15, 0.2) is 5.82 Å². The summed E-state index contributed by atoms with van der Waals surface area (Å²) in [6.07, 6.45) is 2.51. The van der Waals surface area contributed by atoms with E-state index in [9.17, 15) is 4.79 Å². The quantitative estimate of drug-likeness (QED) is 0.693. The molecule has 0 saturated heterocycles. The van der Waals surface area contributed by atoms with Crippen LogP contribution in [0.3, 0.4) is 0 Å². The topological polar surface area (TPSA) is 62.5 Å². The Kier molecular flexibility index (Phi) is 6.26. The van der Waals surface area contributed by atoms with Gasteiger partial charge < -0.3 is 9.42 Å². The number of hydrogen-bond donors (Lipinski definition) is 0. The minimum Gasteiger partial charge on any atom is -0.344 e. The molecule has 2 rings (SSSR count). The first-order valence-electron chi connectivity index (χ1n) is 7.86. The molecule has 6 nitrogen and oxygen atoms in total. The van der Waals surface area contributed by atoms with Gasteiger partial charge in [0.2, 0.25) is 11.8 Å². The van der Waals surface area contributed by atoms with Gasteiger partial charge in [0.25, 0.3) is 0 Å². The van der Waals surface area contributed by atoms with Crippen molar-refractivity contribution in [2.75, 3.05) is 32.9 Å². The van der Waals surface area contributed by atoms with Gasteiger partial charge in [-0.1, -0.05) is 12.1 Å². The second kappa shape index (κ2) is 7.97. The molecule has 22 heavy (non-hydrogen) atoms. The molecule has 1 atom stereocenters. The van der Waals surface area contributed by atoms with Crippen LogP contribution < -0.4 is 0 Å². The average molecular weight is 326 g/mol. The summed E-state index contributed by atoms with van der Waals surface area (Å²) in [5.74, 6) is 3.18. The highest BCUT2D eigenvalue weighted by Crippen LogP contribution is 2.29. The van der Waals surface area contributed by atoms with Crippen molar-refractivity contribution in [3.63, 3.8) is 0 Å². The van der Waals surface area contributed by atoms with E-state index >= 15 is 0 Å². The third-order valence-electron chi connectivity index (χ3n) is 3.73. The van der Waals surface area contributed by atoms with Crippen molar-refractivity contribution in [3.05, 3.63) is 11.7 Å². The van der Waals surface area contributed by atoms with Gasteiger partial charge in [-0.25, -0.2) is 0 Å². The van der Waals surface area contributed by atoms with Crippen LogP contribution >= 0.6 is 11.8 Å². The van der Waals surface area contributed by atoms with Crippen LogP contribution in [-0.2, 0) is 11.3 Å². The molecule has 1 amide bonds. The Morgan fingerprint density at radius 2 is 2.18 bits per heavy atom. The fourth-order valence-corrected chi connectivity index (χ4v) is 2.99. The van der Waals surface area contributed by atoms with Gasteiger partial charge in [-0.2, -0.15) is 16.7 Å². The zero-order chi connectivity index (χ0) is 16.1. The van der Waals surface area contributed by atoms with Crippen LogP contribution in [0.25, 0.3) is 0 Å². The summed E-state index contributed by atoms with van der Waals surface area (Å²) in [5.41, 5.74) is 0. The predicted molar refractivity (Wildman–Crippen MR) is 87.5 cm³/mol. The molecule has 0 radical (unpaired) electrons. The normalized spacial score (nSPS) is 16.0. The first-order valence-corrected chi connectivity index (χ1v) is 8.91. The van der Waals surface area contributed by atoms with Gasteiger partial charge >= 0.3 is 0 Å². The third-order valence-corrected chi connectivity index (χ3v) is 4.77. The van der Waals surface area contributed by atoms with Crippen LogP contribution in [0.4, 0.5) is 0 Å². The van der Waals surface area contributed by atoms with Crippen molar-refractivity contribution in [2.24, 2.45) is 5.92 Å². The molecule has 1 heterocycles. The van der Waals surface area contributed by atoms with E-state index in [4.69, 9.17) is 4.52 Å². The van der Waals surface area contributed by atoms with E-state index in [1.807, 2.05) is 23.9 Å². The lowest BCUT2D eigenvalue weighted by molar-refractivity contribution is -0.131. The molecule has 1 aliphatic carbocycles. The predicted octanol–water partition coefficient (Wildman–Crippen LogP) is 2.18. The number of aromatic nitrogens is 2. The Morgan fingerprint density at radius 3 is 2.82 bits per heavy atom. The van der Waals surface area contributed by atoms with E-state index in [-0.39, 0.29) is 11.2 Å². The maximum atomic E-state index is 12.1. The summed E-state index contributed by atoms with van der Waals surface area (Å²) in [6, 6.07) is 0. The summed E-state index contributed by atoms with van der Waals surface area (Å²) in [6.45, 7) is 5.94. The number of likely N-dealkylation sites (N-methyl/N-ethyl adjacent to an activating group) is 2. The minimum absolute atomic E-state index is 0.143. The molecule has 0 spiro atoms. The number of carbonyl (C=O) groups is 1. The molecule has 1 saturated carbocycles. The van der Waals surface area contributed by atoms with E-state index in [0.717, 1.165) is 24.0 Å². The maximum Gasteiger partial charge on any atom is 0.240 e. The fourth-order valence-electron chi connectivity index (χ4n) is 2.25. The van der Waals surface area contributed by atoms with E-state index < -0.39 is 0 Å². The van der Waals surface area contributed by atoms with Gasteiger partial charge in [0, 0.05) is 13.6 Å². The zero-order valence-corrected chi connectivity index (χ0v) is 14.7. The monoisotopic (exact) mass is 326 g/mol. The Balaban J connectivity index is 1.78. The molecule has 0 unspecified atom stereocenters. The van der Waals surface area contributed by atoms with E-state index in [1.165, 1.54) is 12.8 Å². The lowest BCUT2D eigenvalue weighted by Crippen LogP contribution is -2.37. The lowest BCUT2D eigenvalue weighted by atomic mass is 10.3. The van der Waals surface area contributed by atoms with Gasteiger partial charge in [-0.15, -0.1) is 0 Å². The van der Waals surface area contributed by atoms with Crippen LogP contribution in [0.1, 0.15) is 43.7 Å². The second-order valence-electron chi connectivity index (χ2n) is 6.03. The number of amides is 1. The number of nitrogens with zero attached hydrogens (tertiary/aromatic N) is 4. The Morgan fingerprint density at radius 1 is 1.45 bits per heavy atom. The number of rotatable bonds is 9. The van der Waals surface area contributed by atoms with E-state index in [1.54, 1.807) is 11.8 Å². The molecule has 0 bridgehead atoms. The van der Waals surface area contributed by atoms with Crippen LogP contribution in [0.5, 0.6) is 0 Å². The van der Waals surface area contributed by atoms with Crippen LogP contribution in [0, 0.1) is 5.92 Å². The molecule has 0 N–H and O–H groups in total. The van der Waals surface area contributed by atoms with Crippen LogP contribution in [-0.4, -0.2) is 58.8 Å². The first kappa shape index (κ1) is 17.3. The zero-order valence-electron chi connectivity index (χ0n) is 13.9. The average Bonchev–Trinajstić information content (AvgIpc) is 3.15. The van der Waals surface area contributed by atoms with Crippen LogP contribution in [0.15, 0.2) is 4.52 Å². The molecule has 1 aliphatic rings.